The number of sulfonamides is 1. The smallest absolute Gasteiger partial charge is 0.339 e. The lowest BCUT2D eigenvalue weighted by Gasteiger charge is -2.24. The van der Waals surface area contributed by atoms with Crippen molar-refractivity contribution in [3.8, 4) is 0 Å². The van der Waals surface area contributed by atoms with Gasteiger partial charge in [0.25, 0.3) is 10.0 Å². The van der Waals surface area contributed by atoms with Crippen molar-refractivity contribution >= 4 is 39.1 Å². The zero-order valence-corrected chi connectivity index (χ0v) is 19.2. The van der Waals surface area contributed by atoms with Gasteiger partial charge in [0.15, 0.2) is 0 Å². The molecule has 3 heterocycles. The zero-order chi connectivity index (χ0) is 22.4. The molecule has 0 atom stereocenters. The van der Waals surface area contributed by atoms with Gasteiger partial charge in [-0.25, -0.2) is 18.2 Å². The monoisotopic (exact) mass is 466 g/mol. The van der Waals surface area contributed by atoms with E-state index < -0.39 is 16.0 Å². The SMILES string of the molecule is CCOC(=O)c1ccc(N2CCCN(C(=O)CN(C)S(=O)(=O)c3cccs3)CC2)nc1. The van der Waals surface area contributed by atoms with Crippen molar-refractivity contribution in [3.05, 3.63) is 41.4 Å². The first kappa shape index (κ1) is 23.2. The number of hydrogen-bond acceptors (Lipinski definition) is 8. The van der Waals surface area contributed by atoms with E-state index in [1.807, 2.05) is 4.90 Å². The van der Waals surface area contributed by atoms with Gasteiger partial charge in [0.05, 0.1) is 18.7 Å². The molecule has 0 spiro atoms. The van der Waals surface area contributed by atoms with E-state index in [9.17, 15) is 18.0 Å². The molecule has 1 aliphatic rings. The Bertz CT molecular complexity index is 993. The number of hydrogen-bond donors (Lipinski definition) is 0. The van der Waals surface area contributed by atoms with Crippen LogP contribution < -0.4 is 4.90 Å². The highest BCUT2D eigenvalue weighted by molar-refractivity contribution is 7.91. The second-order valence-corrected chi connectivity index (χ2v) is 10.3. The number of anilines is 1. The summed E-state index contributed by atoms with van der Waals surface area (Å²) in [6, 6.07) is 6.65. The van der Waals surface area contributed by atoms with Gasteiger partial charge in [0, 0.05) is 39.4 Å². The third kappa shape index (κ3) is 5.60. The number of aromatic nitrogens is 1. The van der Waals surface area contributed by atoms with Crippen LogP contribution in [0.5, 0.6) is 0 Å². The van der Waals surface area contributed by atoms with Gasteiger partial charge >= 0.3 is 5.97 Å². The van der Waals surface area contributed by atoms with Crippen molar-refractivity contribution in [1.29, 1.82) is 0 Å². The Morgan fingerprint density at radius 1 is 1.19 bits per heavy atom. The van der Waals surface area contributed by atoms with E-state index >= 15 is 0 Å². The predicted molar refractivity (Wildman–Crippen MR) is 118 cm³/mol. The third-order valence-corrected chi connectivity index (χ3v) is 8.13. The number of likely N-dealkylation sites (N-methyl/N-ethyl adjacent to an activating group) is 1. The van der Waals surface area contributed by atoms with Crippen LogP contribution >= 0.6 is 11.3 Å². The van der Waals surface area contributed by atoms with Crippen LogP contribution in [0.2, 0.25) is 0 Å². The molecule has 0 N–H and O–H groups in total. The summed E-state index contributed by atoms with van der Waals surface area (Å²) in [5.41, 5.74) is 0.396. The summed E-state index contributed by atoms with van der Waals surface area (Å²) in [6.07, 6.45) is 2.22. The van der Waals surface area contributed by atoms with E-state index in [4.69, 9.17) is 4.74 Å². The minimum Gasteiger partial charge on any atom is -0.462 e. The summed E-state index contributed by atoms with van der Waals surface area (Å²) < 4.78 is 31.4. The highest BCUT2D eigenvalue weighted by Gasteiger charge is 2.27. The first-order valence-corrected chi connectivity index (χ1v) is 12.3. The molecule has 2 aromatic rings. The van der Waals surface area contributed by atoms with Gasteiger partial charge in [-0.05, 0) is 36.9 Å². The maximum absolute atomic E-state index is 12.7. The van der Waals surface area contributed by atoms with Gasteiger partial charge in [-0.15, -0.1) is 11.3 Å². The molecule has 3 rings (SSSR count). The molecule has 2 aromatic heterocycles. The molecule has 1 aliphatic heterocycles. The topological polar surface area (TPSA) is 100 Å². The molecule has 9 nitrogen and oxygen atoms in total. The second kappa shape index (κ2) is 10.2. The van der Waals surface area contributed by atoms with Crippen molar-refractivity contribution in [1.82, 2.24) is 14.2 Å². The highest BCUT2D eigenvalue weighted by atomic mass is 32.2. The van der Waals surface area contributed by atoms with Crippen molar-refractivity contribution < 1.29 is 22.7 Å². The lowest BCUT2D eigenvalue weighted by atomic mass is 10.2. The Labute approximate surface area is 186 Å². The summed E-state index contributed by atoms with van der Waals surface area (Å²) in [5, 5.41) is 1.69. The number of amides is 1. The number of ether oxygens (including phenoxy) is 1. The maximum atomic E-state index is 12.7. The summed E-state index contributed by atoms with van der Waals surface area (Å²) in [7, 11) is -2.24. The number of nitrogens with zero attached hydrogens (tertiary/aromatic N) is 4. The van der Waals surface area contributed by atoms with E-state index in [-0.39, 0.29) is 16.7 Å². The normalized spacial score (nSPS) is 15.1. The average molecular weight is 467 g/mol. The summed E-state index contributed by atoms with van der Waals surface area (Å²) >= 11 is 1.13. The van der Waals surface area contributed by atoms with E-state index in [1.54, 1.807) is 35.4 Å². The minimum absolute atomic E-state index is 0.202. The largest absolute Gasteiger partial charge is 0.462 e. The van der Waals surface area contributed by atoms with Crippen molar-refractivity contribution in [3.63, 3.8) is 0 Å². The second-order valence-electron chi connectivity index (χ2n) is 7.04. The minimum atomic E-state index is -3.66. The fourth-order valence-electron chi connectivity index (χ4n) is 3.24. The van der Waals surface area contributed by atoms with Gasteiger partial charge in [-0.2, -0.15) is 4.31 Å². The van der Waals surface area contributed by atoms with Crippen molar-refractivity contribution in [2.45, 2.75) is 17.6 Å². The first-order chi connectivity index (χ1) is 14.8. The lowest BCUT2D eigenvalue weighted by molar-refractivity contribution is -0.131. The molecule has 31 heavy (non-hydrogen) atoms. The molecule has 1 saturated heterocycles. The molecule has 0 aromatic carbocycles. The summed E-state index contributed by atoms with van der Waals surface area (Å²) in [4.78, 5) is 32.6. The van der Waals surface area contributed by atoms with Crippen LogP contribution in [0.25, 0.3) is 0 Å². The number of pyridine rings is 1. The Kier molecular flexibility index (Phi) is 7.63. The standard InChI is InChI=1S/C20H26N4O5S2/c1-3-29-20(26)16-7-8-17(21-14-16)23-9-5-10-24(12-11-23)18(25)15-22(2)31(27,28)19-6-4-13-30-19/h4,6-8,13-14H,3,5,9-12,15H2,1-2H3. The van der Waals surface area contributed by atoms with Gasteiger partial charge < -0.3 is 14.5 Å². The molecule has 0 bridgehead atoms. The van der Waals surface area contributed by atoms with Crippen LogP contribution in [0, 0.1) is 0 Å². The molecule has 0 radical (unpaired) electrons. The van der Waals surface area contributed by atoms with Crippen LogP contribution in [0.3, 0.4) is 0 Å². The molecule has 0 saturated carbocycles. The Hall–Kier alpha value is -2.50. The average Bonchev–Trinajstić information content (AvgIpc) is 3.20. The van der Waals surface area contributed by atoms with Gasteiger partial charge in [-0.3, -0.25) is 4.79 Å². The fraction of sp³-hybridized carbons (Fsp3) is 0.450. The van der Waals surface area contributed by atoms with Gasteiger partial charge in [0.2, 0.25) is 5.91 Å². The number of carbonyl (C=O) groups excluding carboxylic acids is 2. The van der Waals surface area contributed by atoms with Crippen LogP contribution in [-0.2, 0) is 19.6 Å². The molecular weight excluding hydrogens is 440 g/mol. The van der Waals surface area contributed by atoms with Gasteiger partial charge in [0.1, 0.15) is 10.0 Å². The predicted octanol–water partition coefficient (Wildman–Crippen LogP) is 1.68. The Balaban J connectivity index is 1.58. The summed E-state index contributed by atoms with van der Waals surface area (Å²) in [5.74, 6) is 0.0886. The number of rotatable bonds is 7. The molecule has 1 fully saturated rings. The number of thiophene rings is 1. The fourth-order valence-corrected chi connectivity index (χ4v) is 5.56. The quantitative estimate of drug-likeness (QED) is 0.572. The third-order valence-electron chi connectivity index (χ3n) is 4.95. The lowest BCUT2D eigenvalue weighted by Crippen LogP contribution is -2.42. The van der Waals surface area contributed by atoms with E-state index in [1.165, 1.54) is 19.3 Å². The maximum Gasteiger partial charge on any atom is 0.339 e. The number of carbonyl (C=O) groups is 2. The molecule has 0 unspecified atom stereocenters. The molecule has 0 aliphatic carbocycles. The van der Waals surface area contributed by atoms with Crippen molar-refractivity contribution in [2.24, 2.45) is 0 Å². The van der Waals surface area contributed by atoms with Crippen LogP contribution in [0.4, 0.5) is 5.82 Å². The van der Waals surface area contributed by atoms with E-state index in [0.29, 0.717) is 38.3 Å². The molecule has 1 amide bonds. The highest BCUT2D eigenvalue weighted by Crippen LogP contribution is 2.20. The molecular formula is C20H26N4O5S2. The molecule has 11 heteroatoms. The summed E-state index contributed by atoms with van der Waals surface area (Å²) in [6.45, 7) is 4.14. The Morgan fingerprint density at radius 2 is 2.00 bits per heavy atom. The van der Waals surface area contributed by atoms with Crippen molar-refractivity contribution in [2.75, 3.05) is 51.3 Å². The van der Waals surface area contributed by atoms with E-state index in [2.05, 4.69) is 4.98 Å². The Morgan fingerprint density at radius 3 is 2.65 bits per heavy atom. The van der Waals surface area contributed by atoms with Gasteiger partial charge in [-0.1, -0.05) is 6.07 Å². The zero-order valence-electron chi connectivity index (χ0n) is 17.6. The first-order valence-electron chi connectivity index (χ1n) is 9.98. The number of esters is 1. The van der Waals surface area contributed by atoms with Crippen LogP contribution in [0.1, 0.15) is 23.7 Å². The molecule has 168 valence electrons. The van der Waals surface area contributed by atoms with Crippen LogP contribution in [0.15, 0.2) is 40.1 Å². The van der Waals surface area contributed by atoms with Crippen LogP contribution in [-0.4, -0.2) is 80.9 Å². The van der Waals surface area contributed by atoms with E-state index in [0.717, 1.165) is 27.9 Å².